The van der Waals surface area contributed by atoms with Crippen LogP contribution in [0.15, 0.2) is 47.3 Å². The molecule has 0 saturated carbocycles. The number of rotatable bonds is 5. The Morgan fingerprint density at radius 3 is 2.71 bits per heavy atom. The molecule has 0 aliphatic heterocycles. The predicted molar refractivity (Wildman–Crippen MR) is 77.6 cm³/mol. The molecule has 0 fully saturated rings. The first-order chi connectivity index (χ1) is 10.1. The van der Waals surface area contributed by atoms with Crippen LogP contribution in [-0.2, 0) is 10.1 Å². The zero-order valence-electron chi connectivity index (χ0n) is 11.4. The first-order valence-corrected chi connectivity index (χ1v) is 8.10. The van der Waals surface area contributed by atoms with Crippen LogP contribution in [0.25, 0.3) is 17.1 Å². The van der Waals surface area contributed by atoms with Gasteiger partial charge in [-0.2, -0.15) is 13.4 Å². The molecule has 3 aromatic rings. The minimum Gasteiger partial charge on any atom is -0.432 e. The smallest absolute Gasteiger partial charge is 0.309 e. The van der Waals surface area contributed by atoms with E-state index in [1.807, 2.05) is 6.20 Å². The lowest BCUT2D eigenvalue weighted by molar-refractivity contribution is 0.485. The zero-order valence-corrected chi connectivity index (χ0v) is 12.2. The summed E-state index contributed by atoms with van der Waals surface area (Å²) in [7, 11) is -3.51. The summed E-state index contributed by atoms with van der Waals surface area (Å²) >= 11 is 0. The molecule has 0 aliphatic carbocycles. The van der Waals surface area contributed by atoms with E-state index in [-0.39, 0.29) is 5.75 Å². The van der Waals surface area contributed by atoms with Crippen LogP contribution in [0.2, 0.25) is 0 Å². The van der Waals surface area contributed by atoms with Crippen molar-refractivity contribution in [3.05, 3.63) is 42.9 Å². The van der Waals surface area contributed by atoms with Crippen molar-refractivity contribution in [3.8, 4) is 17.0 Å². The molecule has 1 aromatic carbocycles. The quantitative estimate of drug-likeness (QED) is 0.678. The minimum absolute atomic E-state index is 0.00614. The Morgan fingerprint density at radius 1 is 1.29 bits per heavy atom. The van der Waals surface area contributed by atoms with Gasteiger partial charge < -0.3 is 8.60 Å². The highest BCUT2D eigenvalue weighted by Crippen LogP contribution is 2.23. The molecule has 0 aliphatic rings. The van der Waals surface area contributed by atoms with Gasteiger partial charge in [-0.15, -0.1) is 0 Å². The van der Waals surface area contributed by atoms with Crippen LogP contribution in [0.1, 0.15) is 13.3 Å². The molecule has 0 unspecified atom stereocenters. The van der Waals surface area contributed by atoms with Gasteiger partial charge in [-0.1, -0.05) is 6.92 Å². The highest BCUT2D eigenvalue weighted by Gasteiger charge is 2.12. The Balaban J connectivity index is 1.82. The molecule has 6 nitrogen and oxygen atoms in total. The van der Waals surface area contributed by atoms with Gasteiger partial charge in [0.05, 0.1) is 11.4 Å². The molecule has 7 heteroatoms. The van der Waals surface area contributed by atoms with Crippen LogP contribution in [0.4, 0.5) is 0 Å². The monoisotopic (exact) mass is 306 g/mol. The highest BCUT2D eigenvalue weighted by molar-refractivity contribution is 7.87. The third-order valence-electron chi connectivity index (χ3n) is 2.92. The van der Waals surface area contributed by atoms with Gasteiger partial charge in [-0.05, 0) is 30.7 Å². The summed E-state index contributed by atoms with van der Waals surface area (Å²) in [4.78, 5) is 4.31. The number of hydrogen-bond acceptors (Lipinski definition) is 5. The maximum absolute atomic E-state index is 11.6. The summed E-state index contributed by atoms with van der Waals surface area (Å²) in [6.45, 7) is 1.79. The molecule has 0 amide bonds. The summed E-state index contributed by atoms with van der Waals surface area (Å²) in [6, 6.07) is 6.75. The predicted octanol–water partition coefficient (Wildman–Crippen LogP) is 2.71. The van der Waals surface area contributed by atoms with Crippen molar-refractivity contribution in [1.82, 2.24) is 9.38 Å². The average molecular weight is 306 g/mol. The lowest BCUT2D eigenvalue weighted by Gasteiger charge is -2.06. The number of oxazole rings is 1. The van der Waals surface area contributed by atoms with Crippen LogP contribution < -0.4 is 4.18 Å². The normalized spacial score (nSPS) is 11.9. The van der Waals surface area contributed by atoms with E-state index in [4.69, 9.17) is 8.60 Å². The fourth-order valence-electron chi connectivity index (χ4n) is 1.99. The molecule has 0 radical (unpaired) electrons. The SMILES string of the molecule is CCCS(=O)(=O)Oc1ccc(-c2cn3ccoc3n2)cc1. The topological polar surface area (TPSA) is 73.8 Å². The summed E-state index contributed by atoms with van der Waals surface area (Å²) in [5.74, 6) is 0.817. The van der Waals surface area contributed by atoms with Crippen LogP contribution >= 0.6 is 0 Å². The molecule has 0 atom stereocenters. The lowest BCUT2D eigenvalue weighted by atomic mass is 10.2. The molecular formula is C14H14N2O4S. The van der Waals surface area contributed by atoms with Gasteiger partial charge in [-0.3, -0.25) is 4.40 Å². The fraction of sp³-hybridized carbons (Fsp3) is 0.214. The summed E-state index contributed by atoms with van der Waals surface area (Å²) in [5.41, 5.74) is 1.60. The van der Waals surface area contributed by atoms with E-state index in [2.05, 4.69) is 4.98 Å². The van der Waals surface area contributed by atoms with Crippen molar-refractivity contribution in [2.24, 2.45) is 0 Å². The minimum atomic E-state index is -3.51. The zero-order chi connectivity index (χ0) is 14.9. The standard InChI is InChI=1S/C14H14N2O4S/c1-2-9-21(17,18)20-12-5-3-11(4-6-12)13-10-16-7-8-19-14(16)15-13/h3-8,10H,2,9H2,1H3. The molecule has 21 heavy (non-hydrogen) atoms. The maximum Gasteiger partial charge on any atom is 0.309 e. The van der Waals surface area contributed by atoms with E-state index in [0.29, 0.717) is 18.0 Å². The van der Waals surface area contributed by atoms with E-state index in [9.17, 15) is 8.42 Å². The summed E-state index contributed by atoms with van der Waals surface area (Å²) in [6.07, 6.45) is 5.68. The van der Waals surface area contributed by atoms with Gasteiger partial charge in [0.2, 0.25) is 0 Å². The van der Waals surface area contributed by atoms with Crippen molar-refractivity contribution >= 4 is 16.0 Å². The Bertz CT molecular complexity index is 818. The van der Waals surface area contributed by atoms with E-state index in [0.717, 1.165) is 11.3 Å². The van der Waals surface area contributed by atoms with E-state index >= 15 is 0 Å². The number of fused-ring (bicyclic) bond motifs is 1. The van der Waals surface area contributed by atoms with Gasteiger partial charge in [0.1, 0.15) is 12.0 Å². The molecule has 110 valence electrons. The number of nitrogens with zero attached hydrogens (tertiary/aromatic N) is 2. The van der Waals surface area contributed by atoms with Crippen molar-refractivity contribution in [2.75, 3.05) is 5.75 Å². The second-order valence-corrected chi connectivity index (χ2v) is 6.28. The van der Waals surface area contributed by atoms with Crippen molar-refractivity contribution in [3.63, 3.8) is 0 Å². The van der Waals surface area contributed by atoms with Gasteiger partial charge >= 0.3 is 16.0 Å². The van der Waals surface area contributed by atoms with Gasteiger partial charge in [0.15, 0.2) is 0 Å². The summed E-state index contributed by atoms with van der Waals surface area (Å²) < 4.78 is 35.1. The lowest BCUT2D eigenvalue weighted by Crippen LogP contribution is -2.12. The van der Waals surface area contributed by atoms with Crippen LogP contribution in [0.5, 0.6) is 5.75 Å². The second kappa shape index (κ2) is 5.25. The van der Waals surface area contributed by atoms with Gasteiger partial charge in [0.25, 0.3) is 0 Å². The van der Waals surface area contributed by atoms with Crippen molar-refractivity contribution in [2.45, 2.75) is 13.3 Å². The van der Waals surface area contributed by atoms with Gasteiger partial charge in [0, 0.05) is 18.0 Å². The molecule has 0 saturated heterocycles. The third-order valence-corrected chi connectivity index (χ3v) is 4.28. The fourth-order valence-corrected chi connectivity index (χ4v) is 2.97. The molecule has 0 spiro atoms. The summed E-state index contributed by atoms with van der Waals surface area (Å²) in [5, 5.41) is 0. The first-order valence-electron chi connectivity index (χ1n) is 6.52. The van der Waals surface area contributed by atoms with Crippen LogP contribution in [0, 0.1) is 0 Å². The molecule has 3 rings (SSSR count). The average Bonchev–Trinajstić information content (AvgIpc) is 2.99. The second-order valence-electron chi connectivity index (χ2n) is 4.59. The number of aromatic nitrogens is 2. The number of hydrogen-bond donors (Lipinski definition) is 0. The van der Waals surface area contributed by atoms with Crippen molar-refractivity contribution in [1.29, 1.82) is 0 Å². The number of benzene rings is 1. The number of imidazole rings is 1. The maximum atomic E-state index is 11.6. The molecule has 0 N–H and O–H groups in total. The molecular weight excluding hydrogens is 292 g/mol. The third kappa shape index (κ3) is 2.92. The largest absolute Gasteiger partial charge is 0.432 e. The molecule has 0 bridgehead atoms. The Labute approximate surface area is 122 Å². The molecule has 2 heterocycles. The molecule has 2 aromatic heterocycles. The van der Waals surface area contributed by atoms with E-state index < -0.39 is 10.1 Å². The Hall–Kier alpha value is -2.28. The highest BCUT2D eigenvalue weighted by atomic mass is 32.2. The van der Waals surface area contributed by atoms with Crippen molar-refractivity contribution < 1.29 is 17.0 Å². The Morgan fingerprint density at radius 2 is 2.05 bits per heavy atom. The van der Waals surface area contributed by atoms with E-state index in [1.54, 1.807) is 48.0 Å². The van der Waals surface area contributed by atoms with Crippen LogP contribution in [-0.4, -0.2) is 23.6 Å². The van der Waals surface area contributed by atoms with E-state index in [1.165, 1.54) is 0 Å². The van der Waals surface area contributed by atoms with Crippen LogP contribution in [0.3, 0.4) is 0 Å². The first kappa shape index (κ1) is 13.7. The van der Waals surface area contributed by atoms with Gasteiger partial charge in [-0.25, -0.2) is 0 Å². The Kier molecular flexibility index (Phi) is 3.42.